The molecule has 9 heteroatoms. The van der Waals surface area contributed by atoms with E-state index >= 15 is 0 Å². The second-order valence-electron chi connectivity index (χ2n) is 4.25. The zero-order chi connectivity index (χ0) is 15.3. The summed E-state index contributed by atoms with van der Waals surface area (Å²) in [7, 11) is 0. The second-order valence-corrected chi connectivity index (χ2v) is 4.25. The van der Waals surface area contributed by atoms with Crippen LogP contribution in [0.3, 0.4) is 0 Å². The van der Waals surface area contributed by atoms with Gasteiger partial charge in [-0.1, -0.05) is 0 Å². The number of alkyl halides is 3. The number of nitrogens with zero attached hydrogens (tertiary/aromatic N) is 2. The van der Waals surface area contributed by atoms with Crippen LogP contribution in [-0.4, -0.2) is 27.7 Å². The van der Waals surface area contributed by atoms with Gasteiger partial charge >= 0.3 is 11.9 Å². The van der Waals surface area contributed by atoms with Crippen LogP contribution in [0.15, 0.2) is 12.3 Å². The van der Waals surface area contributed by atoms with Crippen LogP contribution in [0.5, 0.6) is 0 Å². The summed E-state index contributed by atoms with van der Waals surface area (Å²) in [4.78, 5) is 13.0. The summed E-state index contributed by atoms with van der Waals surface area (Å²) < 4.78 is 37.6. The van der Waals surface area contributed by atoms with Crippen molar-refractivity contribution in [1.29, 1.82) is 0 Å². The molecular formula is C11H14F3N3O3. The zero-order valence-electron chi connectivity index (χ0n) is 10.6. The van der Waals surface area contributed by atoms with Crippen molar-refractivity contribution in [3.05, 3.63) is 28.1 Å². The van der Waals surface area contributed by atoms with Crippen molar-refractivity contribution in [3.63, 3.8) is 0 Å². The average molecular weight is 293 g/mol. The highest BCUT2D eigenvalue weighted by Crippen LogP contribution is 2.33. The molecule has 1 heterocycles. The highest BCUT2D eigenvalue weighted by Gasteiger charge is 2.34. The molecule has 1 aromatic rings. The van der Waals surface area contributed by atoms with E-state index in [0.717, 1.165) is 0 Å². The van der Waals surface area contributed by atoms with Gasteiger partial charge in [0.1, 0.15) is 17.6 Å². The maximum atomic E-state index is 12.5. The minimum atomic E-state index is -4.67. The van der Waals surface area contributed by atoms with E-state index in [0.29, 0.717) is 25.1 Å². The Morgan fingerprint density at radius 1 is 1.55 bits per heavy atom. The third-order valence-corrected chi connectivity index (χ3v) is 2.57. The van der Waals surface area contributed by atoms with Crippen molar-refractivity contribution in [2.45, 2.75) is 32.0 Å². The quantitative estimate of drug-likeness (QED) is 0.621. The standard InChI is InChI=1S/C11H14F3N3O3/c1-7(3-2-4-18)16-8-5-10(11(12,13)14)15-6-9(8)17(19)20/h5-7,18H,2-4H2,1H3,(H,15,16). The SMILES string of the molecule is CC(CCCO)Nc1cc(C(F)(F)F)ncc1[N+](=O)[O-]. The largest absolute Gasteiger partial charge is 0.433 e. The van der Waals surface area contributed by atoms with Crippen LogP contribution in [-0.2, 0) is 6.18 Å². The van der Waals surface area contributed by atoms with E-state index in [1.54, 1.807) is 6.92 Å². The first-order valence-electron chi connectivity index (χ1n) is 5.84. The Morgan fingerprint density at radius 3 is 2.70 bits per heavy atom. The highest BCUT2D eigenvalue weighted by molar-refractivity contribution is 5.61. The molecule has 6 nitrogen and oxygen atoms in total. The molecule has 1 aromatic heterocycles. The molecule has 0 aliphatic heterocycles. The molecule has 0 aliphatic carbocycles. The Balaban J connectivity index is 3.03. The first kappa shape index (κ1) is 16.2. The number of anilines is 1. The van der Waals surface area contributed by atoms with Gasteiger partial charge in [0.15, 0.2) is 0 Å². The number of rotatable bonds is 6. The molecule has 112 valence electrons. The van der Waals surface area contributed by atoms with Gasteiger partial charge in [0, 0.05) is 12.6 Å². The maximum Gasteiger partial charge on any atom is 0.433 e. The Bertz CT molecular complexity index is 480. The van der Waals surface area contributed by atoms with Gasteiger partial charge < -0.3 is 10.4 Å². The summed E-state index contributed by atoms with van der Waals surface area (Å²) in [6, 6.07) is 0.303. The summed E-state index contributed by atoms with van der Waals surface area (Å²) in [5.74, 6) is 0. The van der Waals surface area contributed by atoms with Crippen molar-refractivity contribution in [3.8, 4) is 0 Å². The topological polar surface area (TPSA) is 88.3 Å². The molecule has 1 unspecified atom stereocenters. The predicted molar refractivity (Wildman–Crippen MR) is 65.3 cm³/mol. The van der Waals surface area contributed by atoms with Gasteiger partial charge in [-0.2, -0.15) is 13.2 Å². The summed E-state index contributed by atoms with van der Waals surface area (Å²) >= 11 is 0. The number of hydrogen-bond acceptors (Lipinski definition) is 5. The number of pyridine rings is 1. The normalized spacial score (nSPS) is 13.1. The van der Waals surface area contributed by atoms with Gasteiger partial charge in [-0.05, 0) is 25.8 Å². The number of nitro groups is 1. The van der Waals surface area contributed by atoms with Crippen LogP contribution in [0, 0.1) is 10.1 Å². The van der Waals surface area contributed by atoms with Crippen molar-refractivity contribution in [1.82, 2.24) is 4.98 Å². The molecule has 0 saturated carbocycles. The maximum absolute atomic E-state index is 12.5. The van der Waals surface area contributed by atoms with E-state index in [9.17, 15) is 23.3 Å². The number of aliphatic hydroxyl groups excluding tert-OH is 1. The van der Waals surface area contributed by atoms with Crippen molar-refractivity contribution in [2.24, 2.45) is 0 Å². The Kier molecular flexibility index (Phi) is 5.26. The first-order valence-corrected chi connectivity index (χ1v) is 5.84. The van der Waals surface area contributed by atoms with E-state index in [1.165, 1.54) is 0 Å². The van der Waals surface area contributed by atoms with Crippen molar-refractivity contribution < 1.29 is 23.2 Å². The molecule has 0 spiro atoms. The molecule has 0 aromatic carbocycles. The minimum Gasteiger partial charge on any atom is -0.396 e. The van der Waals surface area contributed by atoms with E-state index in [1.807, 2.05) is 0 Å². The lowest BCUT2D eigenvalue weighted by atomic mass is 10.1. The Labute approximate surface area is 112 Å². The van der Waals surface area contributed by atoms with Crippen LogP contribution >= 0.6 is 0 Å². The van der Waals surface area contributed by atoms with Gasteiger partial charge in [0.25, 0.3) is 0 Å². The highest BCUT2D eigenvalue weighted by atomic mass is 19.4. The lowest BCUT2D eigenvalue weighted by Crippen LogP contribution is -2.18. The van der Waals surface area contributed by atoms with Crippen molar-refractivity contribution in [2.75, 3.05) is 11.9 Å². The third kappa shape index (κ3) is 4.34. The zero-order valence-corrected chi connectivity index (χ0v) is 10.6. The molecule has 0 amide bonds. The summed E-state index contributed by atoms with van der Waals surface area (Å²) in [6.07, 6.45) is -3.17. The molecule has 0 fully saturated rings. The summed E-state index contributed by atoms with van der Waals surface area (Å²) in [6.45, 7) is 1.60. The van der Waals surface area contributed by atoms with E-state index < -0.39 is 22.5 Å². The predicted octanol–water partition coefficient (Wildman–Crippen LogP) is 2.58. The van der Waals surface area contributed by atoms with E-state index in [4.69, 9.17) is 5.11 Å². The lowest BCUT2D eigenvalue weighted by molar-refractivity contribution is -0.384. The molecule has 0 aliphatic rings. The van der Waals surface area contributed by atoms with Gasteiger partial charge in [-0.3, -0.25) is 10.1 Å². The van der Waals surface area contributed by atoms with Crippen LogP contribution in [0.2, 0.25) is 0 Å². The average Bonchev–Trinajstić information content (AvgIpc) is 2.34. The number of aromatic nitrogens is 1. The fourth-order valence-electron chi connectivity index (χ4n) is 1.60. The van der Waals surface area contributed by atoms with Gasteiger partial charge in [-0.15, -0.1) is 0 Å². The summed E-state index contributed by atoms with van der Waals surface area (Å²) in [5.41, 5.74) is -1.95. The monoisotopic (exact) mass is 293 g/mol. The van der Waals surface area contributed by atoms with Gasteiger partial charge in [0.05, 0.1) is 4.92 Å². The number of hydrogen-bond donors (Lipinski definition) is 2. The molecule has 0 bridgehead atoms. The van der Waals surface area contributed by atoms with E-state index in [-0.39, 0.29) is 18.3 Å². The second kappa shape index (κ2) is 6.51. The van der Waals surface area contributed by atoms with Gasteiger partial charge in [0.2, 0.25) is 0 Å². The van der Waals surface area contributed by atoms with E-state index in [2.05, 4.69) is 10.3 Å². The Morgan fingerprint density at radius 2 is 2.20 bits per heavy atom. The smallest absolute Gasteiger partial charge is 0.396 e. The first-order chi connectivity index (χ1) is 9.25. The molecular weight excluding hydrogens is 279 g/mol. The molecule has 2 N–H and O–H groups in total. The molecule has 0 saturated heterocycles. The van der Waals surface area contributed by atoms with Crippen LogP contribution < -0.4 is 5.32 Å². The molecule has 20 heavy (non-hydrogen) atoms. The minimum absolute atomic E-state index is 0.0573. The number of nitrogens with one attached hydrogen (secondary N) is 1. The third-order valence-electron chi connectivity index (χ3n) is 2.57. The fraction of sp³-hybridized carbons (Fsp3) is 0.545. The molecule has 0 radical (unpaired) electrons. The number of halogens is 3. The lowest BCUT2D eigenvalue weighted by Gasteiger charge is -2.15. The molecule has 1 atom stereocenters. The van der Waals surface area contributed by atoms with Crippen molar-refractivity contribution >= 4 is 11.4 Å². The Hall–Kier alpha value is -1.90. The molecule has 1 rings (SSSR count). The number of aliphatic hydroxyl groups is 1. The van der Waals surface area contributed by atoms with Gasteiger partial charge in [-0.25, -0.2) is 4.98 Å². The fourth-order valence-corrected chi connectivity index (χ4v) is 1.60. The summed E-state index contributed by atoms with van der Waals surface area (Å²) in [5, 5.41) is 22.1. The van der Waals surface area contributed by atoms with Crippen LogP contribution in [0.4, 0.5) is 24.5 Å². The van der Waals surface area contributed by atoms with Crippen LogP contribution in [0.25, 0.3) is 0 Å². The van der Waals surface area contributed by atoms with Crippen LogP contribution in [0.1, 0.15) is 25.5 Å².